The Labute approximate surface area is 137 Å². The maximum Gasteiger partial charge on any atom is 0.222 e. The van der Waals surface area contributed by atoms with Crippen LogP contribution in [0.4, 0.5) is 10.1 Å². The first-order chi connectivity index (χ1) is 9.22. The summed E-state index contributed by atoms with van der Waals surface area (Å²) in [5, 5.41) is 0. The summed E-state index contributed by atoms with van der Waals surface area (Å²) in [6.45, 7) is 3.20. The van der Waals surface area contributed by atoms with Gasteiger partial charge >= 0.3 is 0 Å². The van der Waals surface area contributed by atoms with Gasteiger partial charge in [-0.25, -0.2) is 4.39 Å². The van der Waals surface area contributed by atoms with E-state index in [0.29, 0.717) is 44.8 Å². The van der Waals surface area contributed by atoms with Gasteiger partial charge in [0.05, 0.1) is 5.69 Å². The molecule has 0 spiro atoms. The first kappa shape index (κ1) is 20.0. The molecule has 0 bridgehead atoms. The Kier molecular flexibility index (Phi) is 9.33. The van der Waals surface area contributed by atoms with Crippen LogP contribution < -0.4 is 10.6 Å². The molecule has 0 saturated carbocycles. The van der Waals surface area contributed by atoms with Crippen LogP contribution in [0, 0.1) is 5.82 Å². The summed E-state index contributed by atoms with van der Waals surface area (Å²) >= 11 is 0. The normalized spacial score (nSPS) is 14.2. The topological polar surface area (TPSA) is 49.6 Å². The summed E-state index contributed by atoms with van der Waals surface area (Å²) < 4.78 is 13.7. The number of anilines is 1. The minimum atomic E-state index is -0.203. The number of hydrogen-bond acceptors (Lipinski definition) is 3. The Morgan fingerprint density at radius 3 is 2.33 bits per heavy atom. The van der Waals surface area contributed by atoms with E-state index in [1.807, 2.05) is 15.9 Å². The van der Waals surface area contributed by atoms with Crippen molar-refractivity contribution in [2.45, 2.75) is 12.8 Å². The molecule has 1 saturated heterocycles. The molecule has 0 aromatic heterocycles. The highest BCUT2D eigenvalue weighted by Crippen LogP contribution is 2.20. The molecule has 7 heteroatoms. The second-order valence-corrected chi connectivity index (χ2v) is 4.71. The van der Waals surface area contributed by atoms with Gasteiger partial charge in [0.15, 0.2) is 0 Å². The Balaban J connectivity index is 0.00000200. The van der Waals surface area contributed by atoms with Crippen LogP contribution in [-0.2, 0) is 4.79 Å². The highest BCUT2D eigenvalue weighted by Gasteiger charge is 2.21. The number of piperazine rings is 1. The molecule has 2 rings (SSSR count). The third kappa shape index (κ3) is 5.34. The number of rotatable bonds is 4. The fourth-order valence-corrected chi connectivity index (χ4v) is 2.32. The highest BCUT2D eigenvalue weighted by molar-refractivity contribution is 5.85. The summed E-state index contributed by atoms with van der Waals surface area (Å²) in [4.78, 5) is 15.7. The first-order valence-electron chi connectivity index (χ1n) is 6.69. The SMILES string of the molecule is Cl.Cl.NCCCC(=O)N1CCN(c2ccccc2F)CC1. The Hall–Kier alpha value is -1.04. The average Bonchev–Trinajstić information content (AvgIpc) is 2.45. The van der Waals surface area contributed by atoms with Crippen LogP contribution in [-0.4, -0.2) is 43.5 Å². The van der Waals surface area contributed by atoms with Crippen LogP contribution in [0.3, 0.4) is 0 Å². The molecule has 1 aliphatic heterocycles. The average molecular weight is 338 g/mol. The standard InChI is InChI=1S/C14H20FN3O.2ClH/c15-12-4-1-2-5-13(12)17-8-10-18(11-9-17)14(19)6-3-7-16;;/h1-2,4-5H,3,6-11,16H2;2*1H. The zero-order chi connectivity index (χ0) is 13.7. The van der Waals surface area contributed by atoms with Gasteiger partial charge in [0.25, 0.3) is 0 Å². The van der Waals surface area contributed by atoms with E-state index >= 15 is 0 Å². The number of hydrogen-bond donors (Lipinski definition) is 1. The summed E-state index contributed by atoms with van der Waals surface area (Å²) in [6, 6.07) is 6.76. The maximum absolute atomic E-state index is 13.7. The van der Waals surface area contributed by atoms with Crippen molar-refractivity contribution in [1.29, 1.82) is 0 Å². The molecule has 120 valence electrons. The van der Waals surface area contributed by atoms with Crippen LogP contribution in [0.5, 0.6) is 0 Å². The van der Waals surface area contributed by atoms with E-state index in [2.05, 4.69) is 0 Å². The van der Waals surface area contributed by atoms with Gasteiger partial charge in [0, 0.05) is 32.6 Å². The molecule has 1 aromatic rings. The van der Waals surface area contributed by atoms with Crippen molar-refractivity contribution in [2.24, 2.45) is 5.73 Å². The number of para-hydroxylation sites is 1. The lowest BCUT2D eigenvalue weighted by Gasteiger charge is -2.36. The molecule has 0 unspecified atom stereocenters. The third-order valence-electron chi connectivity index (χ3n) is 3.42. The van der Waals surface area contributed by atoms with E-state index < -0.39 is 0 Å². The first-order valence-corrected chi connectivity index (χ1v) is 6.69. The summed E-state index contributed by atoms with van der Waals surface area (Å²) in [7, 11) is 0. The van der Waals surface area contributed by atoms with E-state index in [1.54, 1.807) is 12.1 Å². The molecular weight excluding hydrogens is 316 g/mol. The van der Waals surface area contributed by atoms with Gasteiger partial charge in [0.1, 0.15) is 5.82 Å². The lowest BCUT2D eigenvalue weighted by molar-refractivity contribution is -0.131. The molecule has 1 aromatic carbocycles. The molecule has 0 atom stereocenters. The number of carbonyl (C=O) groups excluding carboxylic acids is 1. The minimum Gasteiger partial charge on any atom is -0.366 e. The zero-order valence-corrected chi connectivity index (χ0v) is 13.5. The number of benzene rings is 1. The molecular formula is C14H22Cl2FN3O. The summed E-state index contributed by atoms with van der Waals surface area (Å²) in [5.41, 5.74) is 6.02. The van der Waals surface area contributed by atoms with Gasteiger partial charge in [0.2, 0.25) is 5.91 Å². The van der Waals surface area contributed by atoms with Crippen molar-refractivity contribution < 1.29 is 9.18 Å². The van der Waals surface area contributed by atoms with E-state index in [1.165, 1.54) is 6.07 Å². The van der Waals surface area contributed by atoms with Crippen LogP contribution in [0.25, 0.3) is 0 Å². The molecule has 1 fully saturated rings. The number of nitrogens with zero attached hydrogens (tertiary/aromatic N) is 2. The Morgan fingerprint density at radius 2 is 1.76 bits per heavy atom. The van der Waals surface area contributed by atoms with Gasteiger partial charge in [-0.2, -0.15) is 0 Å². The molecule has 1 aliphatic rings. The maximum atomic E-state index is 13.7. The number of nitrogens with two attached hydrogens (primary N) is 1. The Morgan fingerprint density at radius 1 is 1.14 bits per heavy atom. The van der Waals surface area contributed by atoms with Crippen molar-refractivity contribution in [3.8, 4) is 0 Å². The predicted octanol–water partition coefficient (Wildman–Crippen LogP) is 2.06. The molecule has 1 amide bonds. The minimum absolute atomic E-state index is 0. The second kappa shape index (κ2) is 9.82. The number of halogens is 3. The van der Waals surface area contributed by atoms with E-state index in [-0.39, 0.29) is 36.5 Å². The zero-order valence-electron chi connectivity index (χ0n) is 11.8. The smallest absolute Gasteiger partial charge is 0.222 e. The summed E-state index contributed by atoms with van der Waals surface area (Å²) in [5.74, 6) is -0.0518. The third-order valence-corrected chi connectivity index (χ3v) is 3.42. The van der Waals surface area contributed by atoms with Crippen LogP contribution in [0.15, 0.2) is 24.3 Å². The monoisotopic (exact) mass is 337 g/mol. The van der Waals surface area contributed by atoms with Crippen molar-refractivity contribution >= 4 is 36.4 Å². The van der Waals surface area contributed by atoms with Crippen LogP contribution in [0.2, 0.25) is 0 Å². The van der Waals surface area contributed by atoms with Crippen molar-refractivity contribution in [3.63, 3.8) is 0 Å². The van der Waals surface area contributed by atoms with Gasteiger partial charge < -0.3 is 15.5 Å². The number of carbonyl (C=O) groups is 1. The van der Waals surface area contributed by atoms with Gasteiger partial charge in [-0.3, -0.25) is 4.79 Å². The van der Waals surface area contributed by atoms with Crippen molar-refractivity contribution in [2.75, 3.05) is 37.6 Å². The molecule has 0 aliphatic carbocycles. The predicted molar refractivity (Wildman–Crippen MR) is 88.0 cm³/mol. The number of amides is 1. The van der Waals surface area contributed by atoms with Crippen molar-refractivity contribution in [1.82, 2.24) is 4.90 Å². The second-order valence-electron chi connectivity index (χ2n) is 4.71. The van der Waals surface area contributed by atoms with Crippen LogP contribution in [0.1, 0.15) is 12.8 Å². The fraction of sp³-hybridized carbons (Fsp3) is 0.500. The van der Waals surface area contributed by atoms with E-state index in [9.17, 15) is 9.18 Å². The largest absolute Gasteiger partial charge is 0.366 e. The molecule has 2 N–H and O–H groups in total. The molecule has 0 radical (unpaired) electrons. The van der Waals surface area contributed by atoms with Gasteiger partial charge in [-0.15, -0.1) is 24.8 Å². The summed E-state index contributed by atoms with van der Waals surface area (Å²) in [6.07, 6.45) is 1.24. The van der Waals surface area contributed by atoms with E-state index in [0.717, 1.165) is 6.42 Å². The van der Waals surface area contributed by atoms with Crippen molar-refractivity contribution in [3.05, 3.63) is 30.1 Å². The fourth-order valence-electron chi connectivity index (χ4n) is 2.32. The molecule has 1 heterocycles. The Bertz CT molecular complexity index is 440. The van der Waals surface area contributed by atoms with E-state index in [4.69, 9.17) is 5.73 Å². The molecule has 21 heavy (non-hydrogen) atoms. The van der Waals surface area contributed by atoms with Crippen LogP contribution >= 0.6 is 24.8 Å². The lowest BCUT2D eigenvalue weighted by Crippen LogP contribution is -2.49. The van der Waals surface area contributed by atoms with Gasteiger partial charge in [-0.1, -0.05) is 12.1 Å². The molecule has 4 nitrogen and oxygen atoms in total. The quantitative estimate of drug-likeness (QED) is 0.914. The van der Waals surface area contributed by atoms with Gasteiger partial charge in [-0.05, 0) is 25.1 Å². The lowest BCUT2D eigenvalue weighted by atomic mass is 10.2. The highest BCUT2D eigenvalue weighted by atomic mass is 35.5.